The number of hydrogen-bond donors (Lipinski definition) is 4. The number of nitriles is 2. The molecule has 0 bridgehead atoms. The fraction of sp³-hybridized carbons (Fsp3) is 0.0667. The first kappa shape index (κ1) is 16.7. The van der Waals surface area contributed by atoms with E-state index in [-0.39, 0.29) is 23.0 Å². The number of hydrogen-bond acceptors (Lipinski definition) is 8. The van der Waals surface area contributed by atoms with Gasteiger partial charge in [-0.15, -0.1) is 0 Å². The van der Waals surface area contributed by atoms with Gasteiger partial charge in [-0.2, -0.15) is 10.5 Å². The Morgan fingerprint density at radius 2 is 1.96 bits per heavy atom. The van der Waals surface area contributed by atoms with Crippen molar-refractivity contribution in [2.75, 3.05) is 16.8 Å². The van der Waals surface area contributed by atoms with Gasteiger partial charge < -0.3 is 16.8 Å². The van der Waals surface area contributed by atoms with Gasteiger partial charge in [0.05, 0.1) is 15.7 Å². The summed E-state index contributed by atoms with van der Waals surface area (Å²) in [6.45, 7) is 0. The van der Waals surface area contributed by atoms with Gasteiger partial charge in [-0.05, 0) is 17.7 Å². The van der Waals surface area contributed by atoms with Crippen molar-refractivity contribution in [2.45, 2.75) is 6.04 Å². The second-order valence-electron chi connectivity index (χ2n) is 5.08. The molecular weight excluding hydrogens is 363 g/mol. The van der Waals surface area contributed by atoms with E-state index < -0.39 is 6.04 Å². The highest BCUT2D eigenvalue weighted by Crippen LogP contribution is 2.41. The first-order chi connectivity index (χ1) is 12.0. The van der Waals surface area contributed by atoms with Crippen LogP contribution in [0.2, 0.25) is 10.0 Å². The van der Waals surface area contributed by atoms with Crippen molar-refractivity contribution in [3.63, 3.8) is 0 Å². The summed E-state index contributed by atoms with van der Waals surface area (Å²) >= 11 is 12.1. The smallest absolute Gasteiger partial charge is 0.211 e. The number of nitrogens with two attached hydrogens (primary N) is 2. The van der Waals surface area contributed by atoms with Crippen molar-refractivity contribution < 1.29 is 0 Å². The molecule has 1 aromatic carbocycles. The number of nitrogen functional groups attached to an aromatic ring is 2. The van der Waals surface area contributed by atoms with E-state index in [0.717, 1.165) is 0 Å². The summed E-state index contributed by atoms with van der Waals surface area (Å²) in [5.74, 6) is 0.456. The van der Waals surface area contributed by atoms with Crippen molar-refractivity contribution in [1.82, 2.24) is 10.3 Å². The van der Waals surface area contributed by atoms with Crippen molar-refractivity contribution in [3.8, 4) is 12.3 Å². The SMILES string of the molecule is N#CNC1=NC(c2ccc(Cl)c(Cl)c2)c2c(nc(N)c(C#N)c2N)N1. The molecule has 25 heavy (non-hydrogen) atoms. The number of pyridine rings is 1. The average Bonchev–Trinajstić information content (AvgIpc) is 2.57. The van der Waals surface area contributed by atoms with Crippen LogP contribution < -0.4 is 22.1 Å². The highest BCUT2D eigenvalue weighted by Gasteiger charge is 2.29. The van der Waals surface area contributed by atoms with E-state index in [1.807, 2.05) is 6.07 Å². The van der Waals surface area contributed by atoms with E-state index in [9.17, 15) is 5.26 Å². The van der Waals surface area contributed by atoms with Gasteiger partial charge in [0.25, 0.3) is 0 Å². The molecule has 6 N–H and O–H groups in total. The number of rotatable bonds is 1. The van der Waals surface area contributed by atoms with Gasteiger partial charge in [-0.25, -0.2) is 9.98 Å². The molecule has 10 heteroatoms. The maximum atomic E-state index is 9.27. The molecule has 124 valence electrons. The molecule has 0 radical (unpaired) electrons. The fourth-order valence-corrected chi connectivity index (χ4v) is 2.81. The molecule has 0 aliphatic carbocycles. The Morgan fingerprint density at radius 1 is 1.20 bits per heavy atom. The van der Waals surface area contributed by atoms with Crippen LogP contribution in [0.25, 0.3) is 0 Å². The van der Waals surface area contributed by atoms with Gasteiger partial charge >= 0.3 is 0 Å². The molecule has 0 saturated carbocycles. The van der Waals surface area contributed by atoms with Crippen molar-refractivity contribution in [3.05, 3.63) is 44.9 Å². The van der Waals surface area contributed by atoms with Crippen LogP contribution in [0.15, 0.2) is 23.2 Å². The minimum atomic E-state index is -0.651. The lowest BCUT2D eigenvalue weighted by molar-refractivity contribution is 0.847. The minimum absolute atomic E-state index is 0.0163. The third-order valence-corrected chi connectivity index (χ3v) is 4.36. The third-order valence-electron chi connectivity index (χ3n) is 3.62. The number of halogens is 2. The Morgan fingerprint density at radius 3 is 2.60 bits per heavy atom. The zero-order valence-electron chi connectivity index (χ0n) is 12.5. The van der Waals surface area contributed by atoms with E-state index in [2.05, 4.69) is 20.6 Å². The van der Waals surface area contributed by atoms with Crippen LogP contribution in [0.3, 0.4) is 0 Å². The van der Waals surface area contributed by atoms with E-state index in [1.165, 1.54) is 0 Å². The van der Waals surface area contributed by atoms with Gasteiger partial charge in [-0.3, -0.25) is 5.32 Å². The Balaban J connectivity index is 2.25. The van der Waals surface area contributed by atoms with Crippen LogP contribution in [0.5, 0.6) is 0 Å². The number of aromatic nitrogens is 1. The topological polar surface area (TPSA) is 149 Å². The summed E-state index contributed by atoms with van der Waals surface area (Å²) in [5.41, 5.74) is 13.3. The predicted octanol–water partition coefficient (Wildman–Crippen LogP) is 2.37. The molecule has 1 aliphatic heterocycles. The molecule has 8 nitrogen and oxygen atoms in total. The van der Waals surface area contributed by atoms with Gasteiger partial charge in [0.2, 0.25) is 5.96 Å². The summed E-state index contributed by atoms with van der Waals surface area (Å²) < 4.78 is 0. The number of aliphatic imine (C=N–C) groups is 1. The Kier molecular flexibility index (Phi) is 4.24. The van der Waals surface area contributed by atoms with Gasteiger partial charge in [0.15, 0.2) is 6.19 Å². The van der Waals surface area contributed by atoms with Crippen molar-refractivity contribution >= 4 is 46.5 Å². The molecule has 2 aromatic rings. The minimum Gasteiger partial charge on any atom is -0.397 e. The molecule has 1 atom stereocenters. The maximum Gasteiger partial charge on any atom is 0.211 e. The quantitative estimate of drug-likeness (QED) is 0.443. The third kappa shape index (κ3) is 2.85. The zero-order valence-corrected chi connectivity index (χ0v) is 14.0. The largest absolute Gasteiger partial charge is 0.397 e. The predicted molar refractivity (Wildman–Crippen MR) is 95.9 cm³/mol. The molecule has 1 aliphatic rings. The van der Waals surface area contributed by atoms with E-state index in [1.54, 1.807) is 24.4 Å². The molecule has 0 fully saturated rings. The van der Waals surface area contributed by atoms with Crippen molar-refractivity contribution in [2.24, 2.45) is 4.99 Å². The number of anilines is 3. The van der Waals surface area contributed by atoms with Gasteiger partial charge in [-0.1, -0.05) is 29.3 Å². The molecule has 1 aromatic heterocycles. The van der Waals surface area contributed by atoms with Crippen LogP contribution in [0, 0.1) is 22.8 Å². The lowest BCUT2D eigenvalue weighted by Crippen LogP contribution is -2.32. The summed E-state index contributed by atoms with van der Waals surface area (Å²) in [5, 5.41) is 24.1. The van der Waals surface area contributed by atoms with E-state index >= 15 is 0 Å². The first-order valence-corrected chi connectivity index (χ1v) is 7.65. The van der Waals surface area contributed by atoms with Crippen LogP contribution in [-0.4, -0.2) is 10.9 Å². The second-order valence-corrected chi connectivity index (χ2v) is 5.89. The maximum absolute atomic E-state index is 9.27. The Labute approximate surface area is 152 Å². The molecular formula is C15H10Cl2N8. The van der Waals surface area contributed by atoms with E-state index in [4.69, 9.17) is 39.9 Å². The second kappa shape index (κ2) is 6.36. The van der Waals surface area contributed by atoms with Crippen LogP contribution >= 0.6 is 23.2 Å². The highest BCUT2D eigenvalue weighted by atomic mass is 35.5. The fourth-order valence-electron chi connectivity index (χ4n) is 2.50. The average molecular weight is 373 g/mol. The van der Waals surface area contributed by atoms with Crippen LogP contribution in [-0.2, 0) is 0 Å². The number of nitrogens with zero attached hydrogens (tertiary/aromatic N) is 4. The molecule has 0 saturated heterocycles. The Bertz CT molecular complexity index is 986. The lowest BCUT2D eigenvalue weighted by Gasteiger charge is -2.26. The summed E-state index contributed by atoms with van der Waals surface area (Å²) in [7, 11) is 0. The molecule has 1 unspecified atom stereocenters. The molecule has 2 heterocycles. The Hall–Kier alpha value is -3.20. The lowest BCUT2D eigenvalue weighted by atomic mass is 9.95. The molecule has 0 spiro atoms. The number of nitrogens with one attached hydrogen (secondary N) is 2. The zero-order chi connectivity index (χ0) is 18.1. The standard InChI is InChI=1S/C15H10Cl2N8/c16-8-2-1-6(3-9(8)17)12-10-11(20)7(4-18)13(21)24-14(10)25-15(23-12)22-5-19/h1-3,12H,(H6,20,21,22,23,24,25). The van der Waals surface area contributed by atoms with Gasteiger partial charge in [0, 0.05) is 5.56 Å². The monoisotopic (exact) mass is 372 g/mol. The summed E-state index contributed by atoms with van der Waals surface area (Å²) in [6, 6.07) is 6.28. The molecule has 3 rings (SSSR count). The van der Waals surface area contributed by atoms with Gasteiger partial charge in [0.1, 0.15) is 29.3 Å². The van der Waals surface area contributed by atoms with E-state index in [0.29, 0.717) is 27.0 Å². The highest BCUT2D eigenvalue weighted by molar-refractivity contribution is 6.42. The van der Waals surface area contributed by atoms with Crippen LogP contribution in [0.4, 0.5) is 17.3 Å². The normalized spacial score (nSPS) is 15.2. The first-order valence-electron chi connectivity index (χ1n) is 6.90. The number of benzene rings is 1. The summed E-state index contributed by atoms with van der Waals surface area (Å²) in [4.78, 5) is 8.59. The van der Waals surface area contributed by atoms with Crippen LogP contribution in [0.1, 0.15) is 22.7 Å². The summed E-state index contributed by atoms with van der Waals surface area (Å²) in [6.07, 6.45) is 1.78. The molecule has 0 amide bonds. The number of guanidine groups is 1. The number of fused-ring (bicyclic) bond motifs is 1. The van der Waals surface area contributed by atoms with Crippen molar-refractivity contribution in [1.29, 1.82) is 10.5 Å².